The van der Waals surface area contributed by atoms with E-state index in [1.165, 1.54) is 0 Å². The smallest absolute Gasteiger partial charge is 0.203 e. The Bertz CT molecular complexity index is 405. The Labute approximate surface area is 115 Å². The summed E-state index contributed by atoms with van der Waals surface area (Å²) in [5.41, 5.74) is 6.96. The summed E-state index contributed by atoms with van der Waals surface area (Å²) >= 11 is 0. The van der Waals surface area contributed by atoms with Crippen molar-refractivity contribution in [1.29, 1.82) is 0 Å². The highest BCUT2D eigenvalue weighted by molar-refractivity contribution is 5.55. The number of methoxy groups -OCH3 is 3. The van der Waals surface area contributed by atoms with E-state index in [-0.39, 0.29) is 6.04 Å². The third-order valence-corrected chi connectivity index (χ3v) is 3.13. The van der Waals surface area contributed by atoms with Gasteiger partial charge in [0.1, 0.15) is 0 Å². The number of rotatable bonds is 7. The van der Waals surface area contributed by atoms with E-state index in [1.54, 1.807) is 21.3 Å². The molecule has 0 radical (unpaired) electrons. The van der Waals surface area contributed by atoms with Crippen molar-refractivity contribution in [3.05, 3.63) is 17.7 Å². The summed E-state index contributed by atoms with van der Waals surface area (Å²) < 4.78 is 16.1. The molecule has 2 atom stereocenters. The SMILES string of the molecule is COc1ccc(CC(C)CC(C)N)c(OC)c1OC. The van der Waals surface area contributed by atoms with Crippen LogP contribution in [0, 0.1) is 5.92 Å². The van der Waals surface area contributed by atoms with Gasteiger partial charge in [0.15, 0.2) is 11.5 Å². The molecule has 0 amide bonds. The van der Waals surface area contributed by atoms with Gasteiger partial charge < -0.3 is 19.9 Å². The molecule has 0 saturated carbocycles. The minimum absolute atomic E-state index is 0.209. The Hall–Kier alpha value is -1.42. The molecule has 1 aromatic rings. The lowest BCUT2D eigenvalue weighted by molar-refractivity contribution is 0.320. The largest absolute Gasteiger partial charge is 0.493 e. The average Bonchev–Trinajstić information content (AvgIpc) is 2.36. The molecule has 0 aromatic heterocycles. The van der Waals surface area contributed by atoms with Gasteiger partial charge in [0.25, 0.3) is 0 Å². The number of nitrogens with two attached hydrogens (primary N) is 1. The fraction of sp³-hybridized carbons (Fsp3) is 0.600. The Kier molecular flexibility index (Phi) is 5.96. The van der Waals surface area contributed by atoms with Gasteiger partial charge in [0.2, 0.25) is 5.75 Å². The molecule has 4 heteroatoms. The first kappa shape index (κ1) is 15.6. The highest BCUT2D eigenvalue weighted by Crippen LogP contribution is 2.40. The predicted molar refractivity (Wildman–Crippen MR) is 77.2 cm³/mol. The maximum absolute atomic E-state index is 5.84. The molecule has 1 rings (SSSR count). The lowest BCUT2D eigenvalue weighted by Gasteiger charge is -2.19. The zero-order chi connectivity index (χ0) is 14.4. The van der Waals surface area contributed by atoms with Gasteiger partial charge >= 0.3 is 0 Å². The first-order chi connectivity index (χ1) is 9.03. The number of hydrogen-bond donors (Lipinski definition) is 1. The normalized spacial score (nSPS) is 13.8. The van der Waals surface area contributed by atoms with E-state index < -0.39 is 0 Å². The van der Waals surface area contributed by atoms with Crippen LogP contribution in [0.1, 0.15) is 25.8 Å². The summed E-state index contributed by atoms with van der Waals surface area (Å²) in [6.07, 6.45) is 1.89. The van der Waals surface area contributed by atoms with E-state index in [0.29, 0.717) is 17.4 Å². The number of benzene rings is 1. The second-order valence-electron chi connectivity index (χ2n) is 5.02. The Morgan fingerprint density at radius 1 is 1.00 bits per heavy atom. The van der Waals surface area contributed by atoms with Gasteiger partial charge in [-0.25, -0.2) is 0 Å². The van der Waals surface area contributed by atoms with E-state index in [0.717, 1.165) is 24.2 Å². The van der Waals surface area contributed by atoms with E-state index in [2.05, 4.69) is 6.92 Å². The van der Waals surface area contributed by atoms with E-state index in [9.17, 15) is 0 Å². The van der Waals surface area contributed by atoms with Crippen LogP contribution in [0.15, 0.2) is 12.1 Å². The third kappa shape index (κ3) is 4.03. The van der Waals surface area contributed by atoms with Crippen LogP contribution in [0.5, 0.6) is 17.2 Å². The molecule has 2 unspecified atom stereocenters. The van der Waals surface area contributed by atoms with Crippen molar-refractivity contribution < 1.29 is 14.2 Å². The Balaban J connectivity index is 3.01. The van der Waals surface area contributed by atoms with Crippen molar-refractivity contribution in [2.45, 2.75) is 32.7 Å². The molecule has 0 aliphatic rings. The minimum Gasteiger partial charge on any atom is -0.493 e. The molecule has 0 spiro atoms. The summed E-state index contributed by atoms with van der Waals surface area (Å²) in [6, 6.07) is 4.15. The second-order valence-corrected chi connectivity index (χ2v) is 5.02. The monoisotopic (exact) mass is 267 g/mol. The van der Waals surface area contributed by atoms with E-state index >= 15 is 0 Å². The summed E-state index contributed by atoms with van der Waals surface area (Å²) in [4.78, 5) is 0. The van der Waals surface area contributed by atoms with Crippen molar-refractivity contribution in [2.75, 3.05) is 21.3 Å². The maximum Gasteiger partial charge on any atom is 0.203 e. The zero-order valence-corrected chi connectivity index (χ0v) is 12.5. The fourth-order valence-electron chi connectivity index (χ4n) is 2.42. The summed E-state index contributed by atoms with van der Waals surface area (Å²) in [7, 11) is 4.89. The highest BCUT2D eigenvalue weighted by Gasteiger charge is 2.17. The van der Waals surface area contributed by atoms with E-state index in [1.807, 2.05) is 19.1 Å². The van der Waals surface area contributed by atoms with Crippen LogP contribution >= 0.6 is 0 Å². The van der Waals surface area contributed by atoms with Gasteiger partial charge in [0, 0.05) is 6.04 Å². The lowest BCUT2D eigenvalue weighted by atomic mass is 9.94. The average molecular weight is 267 g/mol. The van der Waals surface area contributed by atoms with Crippen molar-refractivity contribution in [3.63, 3.8) is 0 Å². The molecule has 0 aliphatic heterocycles. The second kappa shape index (κ2) is 7.24. The number of ether oxygens (including phenoxy) is 3. The van der Waals surface area contributed by atoms with Crippen LogP contribution in [0.2, 0.25) is 0 Å². The molecule has 0 fully saturated rings. The summed E-state index contributed by atoms with van der Waals surface area (Å²) in [6.45, 7) is 4.22. The van der Waals surface area contributed by atoms with Gasteiger partial charge in [-0.3, -0.25) is 0 Å². The number of hydrogen-bond acceptors (Lipinski definition) is 4. The maximum atomic E-state index is 5.84. The summed E-state index contributed by atoms with van der Waals surface area (Å²) in [5.74, 6) is 2.57. The van der Waals surface area contributed by atoms with Gasteiger partial charge in [-0.1, -0.05) is 13.0 Å². The highest BCUT2D eigenvalue weighted by atomic mass is 16.5. The molecule has 0 bridgehead atoms. The first-order valence-corrected chi connectivity index (χ1v) is 6.56. The molecule has 1 aromatic carbocycles. The van der Waals surface area contributed by atoms with Crippen LogP contribution in [-0.2, 0) is 6.42 Å². The fourth-order valence-corrected chi connectivity index (χ4v) is 2.42. The van der Waals surface area contributed by atoms with Crippen LogP contribution in [0.4, 0.5) is 0 Å². The molecule has 2 N–H and O–H groups in total. The lowest BCUT2D eigenvalue weighted by Crippen LogP contribution is -2.19. The van der Waals surface area contributed by atoms with Crippen LogP contribution in [-0.4, -0.2) is 27.4 Å². The van der Waals surface area contributed by atoms with Gasteiger partial charge in [-0.15, -0.1) is 0 Å². The quantitative estimate of drug-likeness (QED) is 0.825. The Morgan fingerprint density at radius 3 is 2.11 bits per heavy atom. The first-order valence-electron chi connectivity index (χ1n) is 6.56. The molecule has 0 heterocycles. The topological polar surface area (TPSA) is 53.7 Å². The van der Waals surface area contributed by atoms with Crippen molar-refractivity contribution in [1.82, 2.24) is 0 Å². The molecular formula is C15H25NO3. The van der Waals surface area contributed by atoms with Crippen molar-refractivity contribution in [3.8, 4) is 17.2 Å². The molecule has 0 saturated heterocycles. The van der Waals surface area contributed by atoms with Gasteiger partial charge in [0.05, 0.1) is 21.3 Å². The van der Waals surface area contributed by atoms with Gasteiger partial charge in [-0.2, -0.15) is 0 Å². The standard InChI is InChI=1S/C15H25NO3/c1-10(8-11(2)16)9-12-6-7-13(17-3)15(19-5)14(12)18-4/h6-7,10-11H,8-9,16H2,1-5H3. The minimum atomic E-state index is 0.209. The van der Waals surface area contributed by atoms with Gasteiger partial charge in [-0.05, 0) is 37.3 Å². The molecule has 4 nitrogen and oxygen atoms in total. The van der Waals surface area contributed by atoms with Crippen molar-refractivity contribution >= 4 is 0 Å². The summed E-state index contributed by atoms with van der Waals surface area (Å²) in [5, 5.41) is 0. The van der Waals surface area contributed by atoms with E-state index in [4.69, 9.17) is 19.9 Å². The molecule has 108 valence electrons. The third-order valence-electron chi connectivity index (χ3n) is 3.13. The van der Waals surface area contributed by atoms with Crippen LogP contribution in [0.3, 0.4) is 0 Å². The molecule has 0 aliphatic carbocycles. The predicted octanol–water partition coefficient (Wildman–Crippen LogP) is 2.63. The van der Waals surface area contributed by atoms with Crippen molar-refractivity contribution in [2.24, 2.45) is 11.7 Å². The molecule has 19 heavy (non-hydrogen) atoms. The van der Waals surface area contributed by atoms with Crippen LogP contribution in [0.25, 0.3) is 0 Å². The van der Waals surface area contributed by atoms with Crippen LogP contribution < -0.4 is 19.9 Å². The molecular weight excluding hydrogens is 242 g/mol. The zero-order valence-electron chi connectivity index (χ0n) is 12.5. The Morgan fingerprint density at radius 2 is 1.63 bits per heavy atom.